The standard InChI is InChI=1S/C29H31FN4O3/c1-3-34-27(31-17-28(34)35)18-37-26-9-8-25(23-6-4-5-7-24(23)26)32-29(36)20-14-21(30)16-22(15-20)33-12-10-19(2)11-13-33/h4-9,14-16,19H,3,10-13,17-18H2,1-2H3,(H,32,36). The van der Waals surface area contributed by atoms with Crippen molar-refractivity contribution >= 4 is 39.8 Å². The van der Waals surface area contributed by atoms with E-state index in [2.05, 4.69) is 22.1 Å². The number of aliphatic imine (C=N–C) groups is 1. The summed E-state index contributed by atoms with van der Waals surface area (Å²) in [6.07, 6.45) is 2.11. The van der Waals surface area contributed by atoms with E-state index in [4.69, 9.17) is 4.74 Å². The molecular weight excluding hydrogens is 471 g/mol. The molecule has 3 aromatic carbocycles. The molecule has 192 valence electrons. The van der Waals surface area contributed by atoms with Crippen molar-refractivity contribution in [3.8, 4) is 5.75 Å². The second-order valence-electron chi connectivity index (χ2n) is 9.64. The SMILES string of the molecule is CCN1C(=O)CN=C1COc1ccc(NC(=O)c2cc(F)cc(N3CCC(C)CC3)c2)c2ccccc12. The molecule has 2 aliphatic heterocycles. The highest BCUT2D eigenvalue weighted by molar-refractivity contribution is 6.10. The Morgan fingerprint density at radius 1 is 1.11 bits per heavy atom. The van der Waals surface area contributed by atoms with Gasteiger partial charge in [0.1, 0.15) is 30.6 Å². The molecule has 1 saturated heterocycles. The van der Waals surface area contributed by atoms with E-state index >= 15 is 0 Å². The number of benzene rings is 3. The maximum atomic E-state index is 14.5. The molecule has 0 radical (unpaired) electrons. The van der Waals surface area contributed by atoms with Crippen LogP contribution in [-0.2, 0) is 4.79 Å². The minimum absolute atomic E-state index is 0.0284. The molecule has 0 aliphatic carbocycles. The highest BCUT2D eigenvalue weighted by Gasteiger charge is 2.24. The van der Waals surface area contributed by atoms with E-state index in [9.17, 15) is 14.0 Å². The lowest BCUT2D eigenvalue weighted by atomic mass is 9.98. The second kappa shape index (κ2) is 10.6. The van der Waals surface area contributed by atoms with Gasteiger partial charge in [0.05, 0.1) is 0 Å². The highest BCUT2D eigenvalue weighted by Crippen LogP contribution is 2.32. The van der Waals surface area contributed by atoms with Gasteiger partial charge in [0.2, 0.25) is 5.91 Å². The lowest BCUT2D eigenvalue weighted by Crippen LogP contribution is -2.35. The van der Waals surface area contributed by atoms with Gasteiger partial charge in [-0.05, 0) is 56.0 Å². The fourth-order valence-corrected chi connectivity index (χ4v) is 4.95. The highest BCUT2D eigenvalue weighted by atomic mass is 19.1. The molecule has 5 rings (SSSR count). The van der Waals surface area contributed by atoms with Crippen LogP contribution in [0.5, 0.6) is 5.75 Å². The Morgan fingerprint density at radius 2 is 1.86 bits per heavy atom. The number of hydrogen-bond acceptors (Lipinski definition) is 5. The van der Waals surface area contributed by atoms with Crippen LogP contribution in [0.25, 0.3) is 10.8 Å². The first-order valence-electron chi connectivity index (χ1n) is 12.8. The number of carbonyl (C=O) groups is 2. The summed E-state index contributed by atoms with van der Waals surface area (Å²) in [5.41, 5.74) is 1.62. The summed E-state index contributed by atoms with van der Waals surface area (Å²) >= 11 is 0. The topological polar surface area (TPSA) is 74.2 Å². The maximum Gasteiger partial charge on any atom is 0.255 e. The molecule has 0 atom stereocenters. The number of nitrogens with zero attached hydrogens (tertiary/aromatic N) is 3. The number of halogens is 1. The normalized spacial score (nSPS) is 16.3. The minimum atomic E-state index is -0.427. The van der Waals surface area contributed by atoms with Crippen molar-refractivity contribution in [3.63, 3.8) is 0 Å². The molecule has 8 heteroatoms. The van der Waals surface area contributed by atoms with Crippen molar-refractivity contribution in [2.75, 3.05) is 43.0 Å². The Kier molecular flexibility index (Phi) is 7.08. The first-order chi connectivity index (χ1) is 17.9. The lowest BCUT2D eigenvalue weighted by molar-refractivity contribution is -0.124. The van der Waals surface area contributed by atoms with E-state index in [-0.39, 0.29) is 30.5 Å². The first kappa shape index (κ1) is 24.7. The van der Waals surface area contributed by atoms with Crippen molar-refractivity contribution in [1.82, 2.24) is 4.90 Å². The molecular formula is C29H31FN4O3. The Morgan fingerprint density at radius 3 is 2.62 bits per heavy atom. The Labute approximate surface area is 215 Å². The average molecular weight is 503 g/mol. The molecule has 3 aromatic rings. The molecule has 1 fully saturated rings. The predicted octanol–water partition coefficient (Wildman–Crippen LogP) is 5.11. The zero-order valence-corrected chi connectivity index (χ0v) is 21.2. The molecule has 0 unspecified atom stereocenters. The molecule has 1 N–H and O–H groups in total. The Bertz CT molecular complexity index is 1360. The maximum absolute atomic E-state index is 14.5. The molecule has 0 saturated carbocycles. The van der Waals surface area contributed by atoms with Crippen molar-refractivity contribution in [3.05, 3.63) is 66.0 Å². The van der Waals surface area contributed by atoms with E-state index in [0.717, 1.165) is 42.4 Å². The average Bonchev–Trinajstić information content (AvgIpc) is 3.27. The van der Waals surface area contributed by atoms with Gasteiger partial charge in [0.25, 0.3) is 5.91 Å². The molecule has 37 heavy (non-hydrogen) atoms. The van der Waals surface area contributed by atoms with Crippen molar-refractivity contribution in [1.29, 1.82) is 0 Å². The van der Waals surface area contributed by atoms with Crippen LogP contribution in [0.2, 0.25) is 0 Å². The second-order valence-corrected chi connectivity index (χ2v) is 9.64. The molecule has 2 heterocycles. The van der Waals surface area contributed by atoms with Gasteiger partial charge in [-0.2, -0.15) is 0 Å². The number of fused-ring (bicyclic) bond motifs is 1. The number of amides is 2. The number of rotatable bonds is 7. The van der Waals surface area contributed by atoms with Crippen LogP contribution in [-0.4, -0.2) is 55.3 Å². The molecule has 2 amide bonds. The molecule has 0 spiro atoms. The monoisotopic (exact) mass is 502 g/mol. The largest absolute Gasteiger partial charge is 0.485 e. The van der Waals surface area contributed by atoms with Gasteiger partial charge in [0.15, 0.2) is 0 Å². The Balaban J connectivity index is 1.35. The van der Waals surface area contributed by atoms with Crippen molar-refractivity contribution in [2.24, 2.45) is 10.9 Å². The van der Waals surface area contributed by atoms with Gasteiger partial charge in [-0.3, -0.25) is 19.5 Å². The zero-order valence-electron chi connectivity index (χ0n) is 21.2. The number of likely N-dealkylation sites (N-methyl/N-ethyl adjacent to an activating group) is 1. The van der Waals surface area contributed by atoms with Crippen LogP contribution < -0.4 is 15.0 Å². The van der Waals surface area contributed by atoms with Crippen LogP contribution in [0, 0.1) is 11.7 Å². The summed E-state index contributed by atoms with van der Waals surface area (Å²) in [5.74, 6) is 1.07. The van der Waals surface area contributed by atoms with Gasteiger partial charge >= 0.3 is 0 Å². The number of hydrogen-bond donors (Lipinski definition) is 1. The number of anilines is 2. The van der Waals surface area contributed by atoms with Gasteiger partial charge in [-0.1, -0.05) is 31.2 Å². The quantitative estimate of drug-likeness (QED) is 0.488. The van der Waals surface area contributed by atoms with Crippen LogP contribution in [0.1, 0.15) is 37.0 Å². The molecule has 7 nitrogen and oxygen atoms in total. The van der Waals surface area contributed by atoms with Crippen LogP contribution >= 0.6 is 0 Å². The van der Waals surface area contributed by atoms with Gasteiger partial charge < -0.3 is 15.0 Å². The van der Waals surface area contributed by atoms with Gasteiger partial charge in [-0.15, -0.1) is 0 Å². The van der Waals surface area contributed by atoms with E-state index in [1.165, 1.54) is 12.1 Å². The summed E-state index contributed by atoms with van der Waals surface area (Å²) in [6.45, 7) is 6.72. The molecule has 0 bridgehead atoms. The first-order valence-corrected chi connectivity index (χ1v) is 12.8. The minimum Gasteiger partial charge on any atom is -0.485 e. The third kappa shape index (κ3) is 5.28. The third-order valence-electron chi connectivity index (χ3n) is 7.11. The summed E-state index contributed by atoms with van der Waals surface area (Å²) < 4.78 is 20.5. The van der Waals surface area contributed by atoms with Crippen molar-refractivity contribution < 1.29 is 18.7 Å². The van der Waals surface area contributed by atoms with Crippen LogP contribution in [0.3, 0.4) is 0 Å². The van der Waals surface area contributed by atoms with Crippen LogP contribution in [0.15, 0.2) is 59.6 Å². The van der Waals surface area contributed by atoms with E-state index < -0.39 is 5.82 Å². The van der Waals surface area contributed by atoms with E-state index in [1.54, 1.807) is 23.1 Å². The molecule has 2 aliphatic rings. The van der Waals surface area contributed by atoms with E-state index in [0.29, 0.717) is 29.7 Å². The summed E-state index contributed by atoms with van der Waals surface area (Å²) in [6, 6.07) is 15.7. The zero-order chi connectivity index (χ0) is 25.9. The number of piperidine rings is 1. The van der Waals surface area contributed by atoms with E-state index in [1.807, 2.05) is 31.2 Å². The summed E-state index contributed by atoms with van der Waals surface area (Å²) in [5, 5.41) is 4.57. The third-order valence-corrected chi connectivity index (χ3v) is 7.11. The molecule has 0 aromatic heterocycles. The van der Waals surface area contributed by atoms with Gasteiger partial charge in [-0.25, -0.2) is 4.39 Å². The van der Waals surface area contributed by atoms with Crippen LogP contribution in [0.4, 0.5) is 15.8 Å². The number of amidine groups is 1. The number of nitrogens with one attached hydrogen (secondary N) is 1. The summed E-state index contributed by atoms with van der Waals surface area (Å²) in [4.78, 5) is 33.2. The van der Waals surface area contributed by atoms with Crippen molar-refractivity contribution in [2.45, 2.75) is 26.7 Å². The number of ether oxygens (including phenoxy) is 1. The fraction of sp³-hybridized carbons (Fsp3) is 0.345. The summed E-state index contributed by atoms with van der Waals surface area (Å²) in [7, 11) is 0. The number of carbonyl (C=O) groups excluding carboxylic acids is 2. The fourth-order valence-electron chi connectivity index (χ4n) is 4.95. The predicted molar refractivity (Wildman–Crippen MR) is 144 cm³/mol. The van der Waals surface area contributed by atoms with Gasteiger partial charge in [0, 0.05) is 47.3 Å². The lowest BCUT2D eigenvalue weighted by Gasteiger charge is -2.32. The smallest absolute Gasteiger partial charge is 0.255 e. The Hall–Kier alpha value is -3.94.